The van der Waals surface area contributed by atoms with Crippen molar-refractivity contribution in [2.45, 2.75) is 12.6 Å². The Balaban J connectivity index is 1.51. The second-order valence-electron chi connectivity index (χ2n) is 7.93. The Morgan fingerprint density at radius 1 is 1.06 bits per heavy atom. The highest BCUT2D eigenvalue weighted by Gasteiger charge is 2.37. The lowest BCUT2D eigenvalue weighted by atomic mass is 9.98. The van der Waals surface area contributed by atoms with Gasteiger partial charge < -0.3 is 10.2 Å². The van der Waals surface area contributed by atoms with Crippen LogP contribution >= 0.6 is 23.2 Å². The van der Waals surface area contributed by atoms with Crippen LogP contribution in [0.2, 0.25) is 10.0 Å². The monoisotopic (exact) mass is 493 g/mol. The van der Waals surface area contributed by atoms with Crippen molar-refractivity contribution in [1.29, 1.82) is 0 Å². The highest BCUT2D eigenvalue weighted by molar-refractivity contribution is 6.42. The van der Waals surface area contributed by atoms with Gasteiger partial charge in [0.1, 0.15) is 5.82 Å². The van der Waals surface area contributed by atoms with E-state index in [4.69, 9.17) is 23.2 Å². The lowest BCUT2D eigenvalue weighted by molar-refractivity contribution is -0.125. The quantitative estimate of drug-likeness (QED) is 0.518. The first-order valence-electron chi connectivity index (χ1n) is 10.6. The van der Waals surface area contributed by atoms with Crippen molar-refractivity contribution in [3.05, 3.63) is 105 Å². The molecule has 0 spiro atoms. The molecule has 1 unspecified atom stereocenters. The minimum absolute atomic E-state index is 0.267. The molecule has 3 aromatic rings. The topological polar surface area (TPSA) is 61.8 Å². The minimum Gasteiger partial charge on any atom is -0.323 e. The van der Waals surface area contributed by atoms with Gasteiger partial charge in [0.05, 0.1) is 21.4 Å². The van der Waals surface area contributed by atoms with E-state index in [-0.39, 0.29) is 11.5 Å². The van der Waals surface area contributed by atoms with Crippen LogP contribution in [0.5, 0.6) is 0 Å². The summed E-state index contributed by atoms with van der Waals surface area (Å²) in [5, 5.41) is 3.44. The smallest absolute Gasteiger partial charge is 0.272 e. The van der Waals surface area contributed by atoms with E-state index in [1.165, 1.54) is 12.1 Å². The third-order valence-corrected chi connectivity index (χ3v) is 6.53. The summed E-state index contributed by atoms with van der Waals surface area (Å²) >= 11 is 12.0. The number of para-hydroxylation sites is 1. The predicted molar refractivity (Wildman–Crippen MR) is 132 cm³/mol. The van der Waals surface area contributed by atoms with E-state index in [2.05, 4.69) is 10.3 Å². The number of rotatable bonds is 4. The Hall–Kier alpha value is -3.48. The van der Waals surface area contributed by atoms with Crippen molar-refractivity contribution in [2.75, 3.05) is 11.4 Å². The molecule has 0 saturated heterocycles. The lowest BCUT2D eigenvalue weighted by Crippen LogP contribution is -2.46. The van der Waals surface area contributed by atoms with Gasteiger partial charge in [-0.05, 0) is 47.9 Å². The zero-order valence-electron chi connectivity index (χ0n) is 17.8. The number of nitrogens with one attached hydrogen (secondary N) is 1. The molecule has 2 amide bonds. The average molecular weight is 494 g/mol. The highest BCUT2D eigenvalue weighted by atomic mass is 35.5. The second kappa shape index (κ2) is 9.05. The summed E-state index contributed by atoms with van der Waals surface area (Å²) < 4.78 is 14.8. The van der Waals surface area contributed by atoms with E-state index in [0.29, 0.717) is 39.8 Å². The van der Waals surface area contributed by atoms with Gasteiger partial charge in [0.2, 0.25) is 12.1 Å². The summed E-state index contributed by atoms with van der Waals surface area (Å²) in [5.41, 5.74) is 3.63. The van der Waals surface area contributed by atoms with Crippen molar-refractivity contribution in [2.24, 2.45) is 4.99 Å². The number of halogens is 3. The first-order valence-corrected chi connectivity index (χ1v) is 11.4. The molecule has 5 nitrogen and oxygen atoms in total. The molecule has 34 heavy (non-hydrogen) atoms. The van der Waals surface area contributed by atoms with Crippen LogP contribution in [0.25, 0.3) is 6.08 Å². The van der Waals surface area contributed by atoms with E-state index in [9.17, 15) is 14.0 Å². The van der Waals surface area contributed by atoms with E-state index >= 15 is 0 Å². The summed E-state index contributed by atoms with van der Waals surface area (Å²) in [6.07, 6.45) is 2.32. The fourth-order valence-electron chi connectivity index (χ4n) is 4.20. The van der Waals surface area contributed by atoms with E-state index in [0.717, 1.165) is 11.3 Å². The van der Waals surface area contributed by atoms with Crippen LogP contribution < -0.4 is 10.2 Å². The van der Waals surface area contributed by atoms with E-state index in [1.807, 2.05) is 18.2 Å². The number of amides is 2. The zero-order valence-corrected chi connectivity index (χ0v) is 19.3. The normalized spacial score (nSPS) is 16.9. The number of hydrogen-bond donors (Lipinski definition) is 1. The maximum absolute atomic E-state index is 14.8. The standard InChI is InChI=1S/C26H18Cl2FN3O2/c27-19-10-8-15(14-20(19)28)9-11-22(33)30-25-26(34)32-13-12-16-4-3-6-18(24(16)32)23(31-25)17-5-1-2-7-21(17)29/h1-11,14,25H,12-13H2,(H,30,33). The number of anilines is 1. The van der Waals surface area contributed by atoms with Crippen molar-refractivity contribution in [1.82, 2.24) is 5.32 Å². The predicted octanol–water partition coefficient (Wildman–Crippen LogP) is 5.03. The van der Waals surface area contributed by atoms with Gasteiger partial charge in [-0.25, -0.2) is 9.38 Å². The molecule has 2 aliphatic rings. The number of carbonyl (C=O) groups is 2. The molecule has 170 valence electrons. The van der Waals surface area contributed by atoms with Crippen LogP contribution in [-0.2, 0) is 16.0 Å². The number of hydrogen-bond acceptors (Lipinski definition) is 3. The molecule has 3 aromatic carbocycles. The molecule has 2 aliphatic heterocycles. The average Bonchev–Trinajstić information content (AvgIpc) is 3.22. The van der Waals surface area contributed by atoms with E-state index < -0.39 is 17.9 Å². The zero-order chi connectivity index (χ0) is 23.8. The number of carbonyl (C=O) groups excluding carboxylic acids is 2. The summed E-state index contributed by atoms with van der Waals surface area (Å²) in [4.78, 5) is 32.3. The summed E-state index contributed by atoms with van der Waals surface area (Å²) in [5.74, 6) is -1.34. The van der Waals surface area contributed by atoms with Gasteiger partial charge in [-0.2, -0.15) is 0 Å². The van der Waals surface area contributed by atoms with Gasteiger partial charge in [0, 0.05) is 23.7 Å². The molecule has 0 saturated carbocycles. The van der Waals surface area contributed by atoms with Gasteiger partial charge in [-0.3, -0.25) is 9.59 Å². The maximum atomic E-state index is 14.8. The van der Waals surface area contributed by atoms with Crippen LogP contribution in [-0.4, -0.2) is 30.2 Å². The lowest BCUT2D eigenvalue weighted by Gasteiger charge is -2.20. The Bertz CT molecular complexity index is 1390. The summed E-state index contributed by atoms with van der Waals surface area (Å²) in [6, 6.07) is 16.9. The first-order chi connectivity index (χ1) is 16.4. The van der Waals surface area contributed by atoms with Crippen LogP contribution in [0.4, 0.5) is 10.1 Å². The number of aliphatic imine (C=N–C) groups is 1. The van der Waals surface area contributed by atoms with Crippen LogP contribution in [0.15, 0.2) is 71.7 Å². The van der Waals surface area contributed by atoms with Crippen molar-refractivity contribution >= 4 is 52.5 Å². The maximum Gasteiger partial charge on any atom is 0.272 e. The molecule has 2 heterocycles. The van der Waals surface area contributed by atoms with Crippen molar-refractivity contribution in [3.8, 4) is 0 Å². The van der Waals surface area contributed by atoms with Gasteiger partial charge in [-0.1, -0.05) is 59.6 Å². The highest BCUT2D eigenvalue weighted by Crippen LogP contribution is 2.36. The summed E-state index contributed by atoms with van der Waals surface area (Å²) in [6.45, 7) is 0.469. The Labute approximate surface area is 205 Å². The molecule has 0 aliphatic carbocycles. The van der Waals surface area contributed by atoms with Crippen LogP contribution in [0.3, 0.4) is 0 Å². The minimum atomic E-state index is -1.21. The number of benzene rings is 3. The molecule has 5 rings (SSSR count). The van der Waals surface area contributed by atoms with Gasteiger partial charge in [0.25, 0.3) is 5.91 Å². The van der Waals surface area contributed by atoms with Gasteiger partial charge in [-0.15, -0.1) is 0 Å². The second-order valence-corrected chi connectivity index (χ2v) is 8.74. The molecular weight excluding hydrogens is 476 g/mol. The third kappa shape index (κ3) is 4.11. The first kappa shape index (κ1) is 22.3. The molecule has 0 fully saturated rings. The van der Waals surface area contributed by atoms with E-state index in [1.54, 1.807) is 47.4 Å². The number of nitrogens with zero attached hydrogens (tertiary/aromatic N) is 2. The van der Waals surface area contributed by atoms with Crippen molar-refractivity contribution in [3.63, 3.8) is 0 Å². The molecule has 0 aromatic heterocycles. The van der Waals surface area contributed by atoms with Gasteiger partial charge in [0.15, 0.2) is 0 Å². The SMILES string of the molecule is O=C(C=Cc1ccc(Cl)c(Cl)c1)NC1N=C(c2ccccc2F)c2cccc3c2N(CC3)C1=O. The van der Waals surface area contributed by atoms with Gasteiger partial charge >= 0.3 is 0 Å². The Kier molecular flexibility index (Phi) is 5.94. The fourth-order valence-corrected chi connectivity index (χ4v) is 4.51. The fraction of sp³-hybridized carbons (Fsp3) is 0.115. The molecule has 1 atom stereocenters. The van der Waals surface area contributed by atoms with Crippen LogP contribution in [0, 0.1) is 5.82 Å². The Morgan fingerprint density at radius 3 is 2.65 bits per heavy atom. The third-order valence-electron chi connectivity index (χ3n) is 5.79. The van der Waals surface area contributed by atoms with Crippen molar-refractivity contribution < 1.29 is 14.0 Å². The molecule has 8 heteroatoms. The molecule has 0 bridgehead atoms. The Morgan fingerprint density at radius 2 is 1.85 bits per heavy atom. The van der Waals surface area contributed by atoms with Crippen LogP contribution in [0.1, 0.15) is 22.3 Å². The molecular formula is C26H18Cl2FN3O2. The molecule has 0 radical (unpaired) electrons. The molecule has 1 N–H and O–H groups in total. The summed E-state index contributed by atoms with van der Waals surface area (Å²) in [7, 11) is 0. The largest absolute Gasteiger partial charge is 0.323 e.